The first-order chi connectivity index (χ1) is 5.38. The van der Waals surface area contributed by atoms with Gasteiger partial charge in [-0.3, -0.25) is 0 Å². The number of hydrogen-bond donors (Lipinski definition) is 0. The van der Waals surface area contributed by atoms with Crippen molar-refractivity contribution in [2.45, 2.75) is 31.8 Å². The first-order valence-corrected chi connectivity index (χ1v) is 3.99. The van der Waals surface area contributed by atoms with Gasteiger partial charge in [-0.15, -0.1) is 5.10 Å². The molecule has 4 heteroatoms. The molecule has 4 nitrogen and oxygen atoms in total. The van der Waals surface area contributed by atoms with Crippen LogP contribution in [0.1, 0.15) is 19.8 Å². The summed E-state index contributed by atoms with van der Waals surface area (Å²) in [5.74, 6) is 0. The van der Waals surface area contributed by atoms with E-state index in [1.165, 1.54) is 6.42 Å². The van der Waals surface area contributed by atoms with E-state index in [0.29, 0.717) is 6.04 Å². The molecular weight excluding hydrogens is 140 g/mol. The van der Waals surface area contributed by atoms with Crippen molar-refractivity contribution in [2.24, 2.45) is 15.4 Å². The van der Waals surface area contributed by atoms with E-state index >= 15 is 0 Å². The SMILES string of the molecule is CC1=NN=NC1C1CCC[N]1. The molecule has 0 saturated carbocycles. The van der Waals surface area contributed by atoms with Gasteiger partial charge >= 0.3 is 0 Å². The van der Waals surface area contributed by atoms with Crippen LogP contribution in [0.3, 0.4) is 0 Å². The molecule has 2 unspecified atom stereocenters. The van der Waals surface area contributed by atoms with Crippen molar-refractivity contribution in [1.29, 1.82) is 0 Å². The fraction of sp³-hybridized carbons (Fsp3) is 0.857. The third-order valence-electron chi connectivity index (χ3n) is 2.19. The van der Waals surface area contributed by atoms with E-state index in [9.17, 15) is 0 Å². The Balaban J connectivity index is 2.04. The molecule has 59 valence electrons. The van der Waals surface area contributed by atoms with Gasteiger partial charge in [-0.1, -0.05) is 0 Å². The Kier molecular flexibility index (Phi) is 1.69. The Hall–Kier alpha value is -0.770. The van der Waals surface area contributed by atoms with E-state index in [1.807, 2.05) is 6.92 Å². The van der Waals surface area contributed by atoms with Crippen LogP contribution in [-0.4, -0.2) is 24.3 Å². The Morgan fingerprint density at radius 1 is 1.45 bits per heavy atom. The molecule has 11 heavy (non-hydrogen) atoms. The average molecular weight is 151 g/mol. The average Bonchev–Trinajstić information content (AvgIpc) is 2.55. The molecule has 0 aromatic heterocycles. The maximum Gasteiger partial charge on any atom is 0.129 e. The normalized spacial score (nSPS) is 36.3. The molecule has 1 fully saturated rings. The predicted molar refractivity (Wildman–Crippen MR) is 41.8 cm³/mol. The highest BCUT2D eigenvalue weighted by atomic mass is 15.4. The van der Waals surface area contributed by atoms with E-state index in [-0.39, 0.29) is 6.04 Å². The second-order valence-corrected chi connectivity index (χ2v) is 3.01. The standard InChI is InChI=1S/C7H11N4/c1-5-7(10-11-9-5)6-3-2-4-8-6/h6-7H,2-4H2,1H3. The van der Waals surface area contributed by atoms with Gasteiger partial charge in [-0.25, -0.2) is 5.32 Å². The highest BCUT2D eigenvalue weighted by Gasteiger charge is 2.29. The van der Waals surface area contributed by atoms with Crippen molar-refractivity contribution in [3.8, 4) is 0 Å². The molecule has 0 aromatic rings. The summed E-state index contributed by atoms with van der Waals surface area (Å²) in [6, 6.07) is 0.530. The van der Waals surface area contributed by atoms with Crippen LogP contribution in [-0.2, 0) is 0 Å². The van der Waals surface area contributed by atoms with Crippen molar-refractivity contribution in [2.75, 3.05) is 6.54 Å². The molecule has 0 N–H and O–H groups in total. The number of rotatable bonds is 1. The highest BCUT2D eigenvalue weighted by molar-refractivity contribution is 5.88. The summed E-state index contributed by atoms with van der Waals surface area (Å²) >= 11 is 0. The third-order valence-corrected chi connectivity index (χ3v) is 2.19. The van der Waals surface area contributed by atoms with Crippen LogP contribution in [0, 0.1) is 0 Å². The van der Waals surface area contributed by atoms with Crippen molar-refractivity contribution in [1.82, 2.24) is 5.32 Å². The lowest BCUT2D eigenvalue weighted by molar-refractivity contribution is 0.552. The van der Waals surface area contributed by atoms with E-state index in [1.54, 1.807) is 0 Å². The lowest BCUT2D eigenvalue weighted by Gasteiger charge is -2.12. The molecule has 0 amide bonds. The van der Waals surface area contributed by atoms with E-state index in [2.05, 4.69) is 20.8 Å². The van der Waals surface area contributed by atoms with Gasteiger partial charge in [0.05, 0.1) is 11.8 Å². The zero-order valence-electron chi connectivity index (χ0n) is 6.56. The van der Waals surface area contributed by atoms with Gasteiger partial charge in [0.2, 0.25) is 0 Å². The van der Waals surface area contributed by atoms with Gasteiger partial charge in [-0.2, -0.15) is 5.11 Å². The van der Waals surface area contributed by atoms with Crippen LogP contribution < -0.4 is 5.32 Å². The van der Waals surface area contributed by atoms with Crippen LogP contribution >= 0.6 is 0 Å². The van der Waals surface area contributed by atoms with Crippen molar-refractivity contribution >= 4 is 5.71 Å². The summed E-state index contributed by atoms with van der Waals surface area (Å²) in [5.41, 5.74) is 1.01. The molecule has 2 heterocycles. The topological polar surface area (TPSA) is 51.2 Å². The molecule has 0 spiro atoms. The molecule has 2 aliphatic rings. The molecule has 2 rings (SSSR count). The smallest absolute Gasteiger partial charge is 0.129 e. The highest BCUT2D eigenvalue weighted by Crippen LogP contribution is 2.18. The van der Waals surface area contributed by atoms with E-state index in [0.717, 1.165) is 18.7 Å². The minimum atomic E-state index is 0.164. The van der Waals surface area contributed by atoms with Crippen LogP contribution in [0.5, 0.6) is 0 Å². The summed E-state index contributed by atoms with van der Waals surface area (Å²) in [7, 11) is 0. The zero-order chi connectivity index (χ0) is 7.68. The Labute approximate surface area is 65.8 Å². The van der Waals surface area contributed by atoms with Crippen molar-refractivity contribution in [3.05, 3.63) is 0 Å². The first-order valence-electron chi connectivity index (χ1n) is 3.99. The summed E-state index contributed by atoms with van der Waals surface area (Å²) < 4.78 is 0. The van der Waals surface area contributed by atoms with Crippen molar-refractivity contribution in [3.63, 3.8) is 0 Å². The molecule has 2 atom stereocenters. The third kappa shape index (κ3) is 1.18. The minimum Gasteiger partial charge on any atom is -0.236 e. The second kappa shape index (κ2) is 2.70. The Morgan fingerprint density at radius 3 is 2.91 bits per heavy atom. The molecule has 1 radical (unpaired) electrons. The van der Waals surface area contributed by atoms with Gasteiger partial charge in [0.15, 0.2) is 0 Å². The summed E-state index contributed by atoms with van der Waals surface area (Å²) in [5, 5.41) is 16.0. The predicted octanol–water partition coefficient (Wildman–Crippen LogP) is 0.964. The Morgan fingerprint density at radius 2 is 2.36 bits per heavy atom. The first kappa shape index (κ1) is 6.91. The summed E-state index contributed by atoms with van der Waals surface area (Å²) in [6.45, 7) is 2.96. The fourth-order valence-electron chi connectivity index (χ4n) is 1.56. The second-order valence-electron chi connectivity index (χ2n) is 3.01. The monoisotopic (exact) mass is 151 g/mol. The summed E-state index contributed by atoms with van der Waals surface area (Å²) in [6.07, 6.45) is 2.35. The quantitative estimate of drug-likeness (QED) is 0.536. The molecule has 2 aliphatic heterocycles. The number of nitrogens with zero attached hydrogens (tertiary/aromatic N) is 4. The lowest BCUT2D eigenvalue weighted by Crippen LogP contribution is -2.32. The van der Waals surface area contributed by atoms with Gasteiger partial charge in [0, 0.05) is 6.54 Å². The molecular formula is C7H11N4. The molecule has 1 saturated heterocycles. The van der Waals surface area contributed by atoms with Crippen molar-refractivity contribution < 1.29 is 0 Å². The van der Waals surface area contributed by atoms with Gasteiger partial charge < -0.3 is 0 Å². The maximum absolute atomic E-state index is 4.43. The molecule has 0 aliphatic carbocycles. The van der Waals surface area contributed by atoms with Gasteiger partial charge in [0.25, 0.3) is 0 Å². The van der Waals surface area contributed by atoms with Gasteiger partial charge in [-0.05, 0) is 25.0 Å². The molecule has 0 bridgehead atoms. The largest absolute Gasteiger partial charge is 0.236 e. The Bertz CT molecular complexity index is 202. The summed E-state index contributed by atoms with van der Waals surface area (Å²) in [4.78, 5) is 0. The zero-order valence-corrected chi connectivity index (χ0v) is 6.56. The maximum atomic E-state index is 4.43. The fourth-order valence-corrected chi connectivity index (χ4v) is 1.56. The van der Waals surface area contributed by atoms with Crippen LogP contribution in [0.4, 0.5) is 0 Å². The lowest BCUT2D eigenvalue weighted by atomic mass is 10.0. The van der Waals surface area contributed by atoms with E-state index in [4.69, 9.17) is 0 Å². The number of hydrogen-bond acceptors (Lipinski definition) is 3. The van der Waals surface area contributed by atoms with E-state index < -0.39 is 0 Å². The van der Waals surface area contributed by atoms with Crippen LogP contribution in [0.2, 0.25) is 0 Å². The van der Waals surface area contributed by atoms with Crippen LogP contribution in [0.15, 0.2) is 15.4 Å². The minimum absolute atomic E-state index is 0.164. The van der Waals surface area contributed by atoms with Crippen LogP contribution in [0.25, 0.3) is 0 Å². The van der Waals surface area contributed by atoms with Gasteiger partial charge in [0.1, 0.15) is 6.04 Å². The molecule has 0 aromatic carbocycles.